The van der Waals surface area contributed by atoms with Crippen molar-refractivity contribution in [2.45, 2.75) is 18.9 Å². The summed E-state index contributed by atoms with van der Waals surface area (Å²) < 4.78 is 0. The highest BCUT2D eigenvalue weighted by atomic mass is 35.5. The van der Waals surface area contributed by atoms with E-state index in [0.29, 0.717) is 24.9 Å². The van der Waals surface area contributed by atoms with Crippen molar-refractivity contribution in [3.05, 3.63) is 33.9 Å². The van der Waals surface area contributed by atoms with E-state index in [4.69, 9.17) is 11.5 Å². The summed E-state index contributed by atoms with van der Waals surface area (Å²) in [7, 11) is 0. The minimum atomic E-state index is -0.503. The molecule has 0 aromatic heterocycles. The maximum absolute atomic E-state index is 10.8. The minimum absolute atomic E-state index is 0. The number of halogens is 1. The first-order valence-electron chi connectivity index (χ1n) is 4.99. The van der Waals surface area contributed by atoms with Gasteiger partial charge in [0.05, 0.1) is 10.5 Å². The van der Waals surface area contributed by atoms with Gasteiger partial charge in [-0.1, -0.05) is 0 Å². The number of hydrogen-bond donors (Lipinski definition) is 3. The summed E-state index contributed by atoms with van der Waals surface area (Å²) in [4.78, 5) is 10.3. The van der Waals surface area contributed by atoms with E-state index >= 15 is 0 Å². The number of phenolic OH excluding ortho intramolecular Hbond substituents is 1. The van der Waals surface area contributed by atoms with Crippen molar-refractivity contribution in [1.29, 1.82) is 0 Å². The summed E-state index contributed by atoms with van der Waals surface area (Å²) >= 11 is 0. The van der Waals surface area contributed by atoms with Crippen LogP contribution in [0.2, 0.25) is 0 Å². The molecule has 0 aliphatic heterocycles. The summed E-state index contributed by atoms with van der Waals surface area (Å²) in [5, 5.41) is 20.0. The molecule has 1 aromatic rings. The number of phenols is 1. The minimum Gasteiger partial charge on any atom is -0.508 e. The number of nitrogens with zero attached hydrogens (tertiary/aromatic N) is 1. The Morgan fingerprint density at radius 1 is 1.47 bits per heavy atom. The molecule has 7 heteroatoms. The second kappa shape index (κ2) is 7.05. The lowest BCUT2D eigenvalue weighted by molar-refractivity contribution is -0.385. The van der Waals surface area contributed by atoms with E-state index in [1.54, 1.807) is 0 Å². The Hall–Kier alpha value is -1.37. The molecular weight excluding hydrogens is 246 g/mol. The monoisotopic (exact) mass is 261 g/mol. The van der Waals surface area contributed by atoms with Crippen LogP contribution in [0.15, 0.2) is 18.2 Å². The summed E-state index contributed by atoms with van der Waals surface area (Å²) in [5.41, 5.74) is 11.4. The molecule has 6 nitrogen and oxygen atoms in total. The number of hydrogen-bond acceptors (Lipinski definition) is 5. The molecule has 5 N–H and O–H groups in total. The van der Waals surface area contributed by atoms with E-state index in [2.05, 4.69) is 0 Å². The molecule has 0 fully saturated rings. The van der Waals surface area contributed by atoms with E-state index < -0.39 is 11.0 Å². The molecule has 0 aliphatic rings. The molecule has 0 saturated heterocycles. The van der Waals surface area contributed by atoms with Crippen molar-refractivity contribution in [3.8, 4) is 5.75 Å². The van der Waals surface area contributed by atoms with Gasteiger partial charge in [-0.3, -0.25) is 10.1 Å². The molecule has 0 unspecified atom stereocenters. The van der Waals surface area contributed by atoms with Gasteiger partial charge in [0.2, 0.25) is 0 Å². The lowest BCUT2D eigenvalue weighted by atomic mass is 10.0. The van der Waals surface area contributed by atoms with Gasteiger partial charge in [-0.25, -0.2) is 0 Å². The first-order valence-corrected chi connectivity index (χ1v) is 4.99. The summed E-state index contributed by atoms with van der Waals surface area (Å²) in [6.07, 6.45) is 1.24. The Morgan fingerprint density at radius 3 is 2.65 bits per heavy atom. The summed E-state index contributed by atoms with van der Waals surface area (Å²) in [6.45, 7) is 0.486. The zero-order chi connectivity index (χ0) is 12.1. The van der Waals surface area contributed by atoms with Crippen LogP contribution in [0.4, 0.5) is 5.69 Å². The van der Waals surface area contributed by atoms with Crippen molar-refractivity contribution in [3.63, 3.8) is 0 Å². The number of nitro groups is 1. The molecule has 0 saturated carbocycles. The van der Waals surface area contributed by atoms with Gasteiger partial charge in [-0.15, -0.1) is 12.4 Å². The third kappa shape index (κ3) is 4.18. The molecule has 1 aromatic carbocycles. The highest BCUT2D eigenvalue weighted by Crippen LogP contribution is 2.29. The largest absolute Gasteiger partial charge is 0.508 e. The SMILES string of the molecule is Cl.NCCC[C@@H](N)c1cc(O)ccc1[N+](=O)[O-]. The number of nitrogens with two attached hydrogens (primary N) is 2. The van der Waals surface area contributed by atoms with E-state index in [1.807, 2.05) is 0 Å². The van der Waals surface area contributed by atoms with Crippen molar-refractivity contribution in [2.24, 2.45) is 11.5 Å². The van der Waals surface area contributed by atoms with Gasteiger partial charge in [-0.05, 0) is 31.5 Å². The third-order valence-corrected chi connectivity index (χ3v) is 2.33. The Morgan fingerprint density at radius 2 is 2.12 bits per heavy atom. The smallest absolute Gasteiger partial charge is 0.274 e. The van der Waals surface area contributed by atoms with Gasteiger partial charge in [0.15, 0.2) is 0 Å². The van der Waals surface area contributed by atoms with Gasteiger partial charge >= 0.3 is 0 Å². The predicted octanol–water partition coefficient (Wildman–Crippen LogP) is 1.46. The molecule has 0 amide bonds. The molecule has 1 rings (SSSR count). The average molecular weight is 262 g/mol. The topological polar surface area (TPSA) is 115 Å². The van der Waals surface area contributed by atoms with Crippen LogP contribution in [0.25, 0.3) is 0 Å². The summed E-state index contributed by atoms with van der Waals surface area (Å²) in [6, 6.07) is 3.39. The first kappa shape index (κ1) is 15.6. The van der Waals surface area contributed by atoms with E-state index in [9.17, 15) is 15.2 Å². The average Bonchev–Trinajstić information content (AvgIpc) is 2.25. The number of aromatic hydroxyl groups is 1. The van der Waals surface area contributed by atoms with Crippen molar-refractivity contribution >= 4 is 18.1 Å². The fourth-order valence-corrected chi connectivity index (χ4v) is 1.50. The standard InChI is InChI=1S/C10H15N3O3.ClH/c11-5-1-2-9(12)8-6-7(14)3-4-10(8)13(15)16;/h3-4,6,9,14H,1-2,5,11-12H2;1H/t9-;/m1./s1. The predicted molar refractivity (Wildman–Crippen MR) is 67.2 cm³/mol. The molecule has 0 bridgehead atoms. The zero-order valence-electron chi connectivity index (χ0n) is 9.20. The molecule has 1 atom stereocenters. The second-order valence-electron chi connectivity index (χ2n) is 3.54. The number of rotatable bonds is 5. The van der Waals surface area contributed by atoms with Crippen molar-refractivity contribution in [2.75, 3.05) is 6.54 Å². The highest BCUT2D eigenvalue weighted by Gasteiger charge is 2.19. The molecular formula is C10H16ClN3O3. The quantitative estimate of drug-likeness (QED) is 0.548. The molecule has 96 valence electrons. The fraction of sp³-hybridized carbons (Fsp3) is 0.400. The normalized spacial score (nSPS) is 11.6. The van der Waals surface area contributed by atoms with E-state index in [1.165, 1.54) is 18.2 Å². The van der Waals surface area contributed by atoms with Crippen LogP contribution in [-0.2, 0) is 0 Å². The van der Waals surface area contributed by atoms with Crippen LogP contribution in [0.3, 0.4) is 0 Å². The maximum atomic E-state index is 10.8. The van der Waals surface area contributed by atoms with E-state index in [0.717, 1.165) is 0 Å². The second-order valence-corrected chi connectivity index (χ2v) is 3.54. The zero-order valence-corrected chi connectivity index (χ0v) is 10.0. The van der Waals surface area contributed by atoms with Gasteiger partial charge in [0.25, 0.3) is 5.69 Å². The highest BCUT2D eigenvalue weighted by molar-refractivity contribution is 5.85. The first-order chi connectivity index (χ1) is 7.56. The fourth-order valence-electron chi connectivity index (χ4n) is 1.50. The van der Waals surface area contributed by atoms with Gasteiger partial charge in [0, 0.05) is 12.1 Å². The van der Waals surface area contributed by atoms with Gasteiger partial charge in [-0.2, -0.15) is 0 Å². The Kier molecular flexibility index (Phi) is 6.48. The van der Waals surface area contributed by atoms with Crippen LogP contribution in [0.5, 0.6) is 5.75 Å². The Labute approximate surface area is 105 Å². The van der Waals surface area contributed by atoms with Crippen LogP contribution in [0, 0.1) is 10.1 Å². The van der Waals surface area contributed by atoms with Crippen LogP contribution in [-0.4, -0.2) is 16.6 Å². The van der Waals surface area contributed by atoms with Gasteiger partial charge < -0.3 is 16.6 Å². The molecule has 0 heterocycles. The van der Waals surface area contributed by atoms with Crippen molar-refractivity contribution < 1.29 is 10.0 Å². The lowest BCUT2D eigenvalue weighted by Gasteiger charge is -2.11. The number of nitro benzene ring substituents is 1. The lowest BCUT2D eigenvalue weighted by Crippen LogP contribution is -2.14. The van der Waals surface area contributed by atoms with Gasteiger partial charge in [0.1, 0.15) is 5.75 Å². The van der Waals surface area contributed by atoms with Crippen LogP contribution in [0.1, 0.15) is 24.4 Å². The van der Waals surface area contributed by atoms with Crippen molar-refractivity contribution in [1.82, 2.24) is 0 Å². The molecule has 0 spiro atoms. The molecule has 17 heavy (non-hydrogen) atoms. The number of benzene rings is 1. The summed E-state index contributed by atoms with van der Waals surface area (Å²) in [5.74, 6) is -0.0243. The molecule has 0 radical (unpaired) electrons. The van der Waals surface area contributed by atoms with Crippen LogP contribution < -0.4 is 11.5 Å². The van der Waals surface area contributed by atoms with E-state index in [-0.39, 0.29) is 23.8 Å². The van der Waals surface area contributed by atoms with Crippen LogP contribution >= 0.6 is 12.4 Å². The maximum Gasteiger partial charge on any atom is 0.274 e. The third-order valence-electron chi connectivity index (χ3n) is 2.33. The Bertz CT molecular complexity index is 387. The molecule has 0 aliphatic carbocycles. The Balaban J connectivity index is 0.00000256.